The Labute approximate surface area is 62.8 Å². The first-order chi connectivity index (χ1) is 4.84. The number of piperazine rings is 1. The smallest absolute Gasteiger partial charge is 0.0342 e. The Hall–Kier alpha value is -0.120. The summed E-state index contributed by atoms with van der Waals surface area (Å²) in [6.45, 7) is 4.52. The van der Waals surface area contributed by atoms with Gasteiger partial charge in [-0.2, -0.15) is 0 Å². The number of rotatable bonds is 2. The summed E-state index contributed by atoms with van der Waals surface area (Å²) in [4.78, 5) is 2.40. The van der Waals surface area contributed by atoms with Gasteiger partial charge in [0.2, 0.25) is 0 Å². The third kappa shape index (κ3) is 1.94. The first-order valence-electron chi connectivity index (χ1n) is 3.90. The van der Waals surface area contributed by atoms with E-state index in [1.165, 1.54) is 6.54 Å². The standard InChI is InChI=1S/C7H17N3/c1-8-5-7-6-9-3-4-10(7)2/h7-9H,3-6H2,1-2H3. The predicted octanol–water partition coefficient (Wildman–Crippen LogP) is -0.891. The third-order valence-corrected chi connectivity index (χ3v) is 2.08. The third-order valence-electron chi connectivity index (χ3n) is 2.08. The molecule has 3 heteroatoms. The SMILES string of the molecule is CNCC1CNCCN1C. The maximum atomic E-state index is 3.37. The van der Waals surface area contributed by atoms with E-state index in [2.05, 4.69) is 22.6 Å². The van der Waals surface area contributed by atoms with Crippen molar-refractivity contribution in [2.45, 2.75) is 6.04 Å². The second-order valence-electron chi connectivity index (χ2n) is 2.90. The predicted molar refractivity (Wildman–Crippen MR) is 43.2 cm³/mol. The minimum atomic E-state index is 0.679. The fraction of sp³-hybridized carbons (Fsp3) is 1.00. The van der Waals surface area contributed by atoms with Crippen LogP contribution in [0.3, 0.4) is 0 Å². The van der Waals surface area contributed by atoms with Crippen LogP contribution in [-0.4, -0.2) is 51.2 Å². The quantitative estimate of drug-likeness (QED) is 0.525. The molecule has 1 saturated heterocycles. The van der Waals surface area contributed by atoms with Gasteiger partial charge in [-0.05, 0) is 14.1 Å². The Bertz CT molecular complexity index is 92.9. The lowest BCUT2D eigenvalue weighted by Gasteiger charge is -2.32. The fourth-order valence-corrected chi connectivity index (χ4v) is 1.33. The highest BCUT2D eigenvalue weighted by Crippen LogP contribution is 1.96. The van der Waals surface area contributed by atoms with Gasteiger partial charge in [-0.15, -0.1) is 0 Å². The van der Waals surface area contributed by atoms with E-state index >= 15 is 0 Å². The molecule has 1 unspecified atom stereocenters. The normalized spacial score (nSPS) is 28.8. The molecule has 2 N–H and O–H groups in total. The number of likely N-dealkylation sites (N-methyl/N-ethyl adjacent to an activating group) is 2. The average molecular weight is 143 g/mol. The van der Waals surface area contributed by atoms with Crippen molar-refractivity contribution >= 4 is 0 Å². The molecule has 3 nitrogen and oxygen atoms in total. The van der Waals surface area contributed by atoms with Gasteiger partial charge in [0.25, 0.3) is 0 Å². The van der Waals surface area contributed by atoms with Crippen LogP contribution < -0.4 is 10.6 Å². The lowest BCUT2D eigenvalue weighted by Crippen LogP contribution is -2.52. The van der Waals surface area contributed by atoms with E-state index in [1.54, 1.807) is 0 Å². The van der Waals surface area contributed by atoms with Crippen molar-refractivity contribution in [1.29, 1.82) is 0 Å². The molecule has 1 heterocycles. The topological polar surface area (TPSA) is 27.3 Å². The molecule has 10 heavy (non-hydrogen) atoms. The van der Waals surface area contributed by atoms with Crippen LogP contribution in [0.5, 0.6) is 0 Å². The first-order valence-corrected chi connectivity index (χ1v) is 3.90. The van der Waals surface area contributed by atoms with Crippen LogP contribution in [-0.2, 0) is 0 Å². The summed E-state index contributed by atoms with van der Waals surface area (Å²) in [6, 6.07) is 0.679. The van der Waals surface area contributed by atoms with Crippen LogP contribution in [0.25, 0.3) is 0 Å². The molecule has 1 aliphatic heterocycles. The molecule has 1 aliphatic rings. The minimum absolute atomic E-state index is 0.679. The monoisotopic (exact) mass is 143 g/mol. The van der Waals surface area contributed by atoms with E-state index in [4.69, 9.17) is 0 Å². The Morgan fingerprint density at radius 3 is 3.10 bits per heavy atom. The van der Waals surface area contributed by atoms with Gasteiger partial charge in [0.15, 0.2) is 0 Å². The zero-order valence-corrected chi connectivity index (χ0v) is 6.85. The molecule has 1 atom stereocenters. The summed E-state index contributed by atoms with van der Waals surface area (Å²) in [6.07, 6.45) is 0. The summed E-state index contributed by atoms with van der Waals surface area (Å²) in [5, 5.41) is 6.55. The fourth-order valence-electron chi connectivity index (χ4n) is 1.33. The van der Waals surface area contributed by atoms with Crippen molar-refractivity contribution < 1.29 is 0 Å². The van der Waals surface area contributed by atoms with Gasteiger partial charge in [0.05, 0.1) is 0 Å². The number of nitrogens with zero attached hydrogens (tertiary/aromatic N) is 1. The molecule has 0 radical (unpaired) electrons. The van der Waals surface area contributed by atoms with E-state index < -0.39 is 0 Å². The second kappa shape index (κ2) is 3.91. The molecule has 60 valence electrons. The van der Waals surface area contributed by atoms with Gasteiger partial charge in [0.1, 0.15) is 0 Å². The zero-order valence-electron chi connectivity index (χ0n) is 6.85. The van der Waals surface area contributed by atoms with Crippen molar-refractivity contribution in [3.63, 3.8) is 0 Å². The van der Waals surface area contributed by atoms with E-state index in [1.807, 2.05) is 7.05 Å². The molecular weight excluding hydrogens is 126 g/mol. The molecule has 0 saturated carbocycles. The molecule has 0 aromatic heterocycles. The zero-order chi connectivity index (χ0) is 7.40. The van der Waals surface area contributed by atoms with Crippen molar-refractivity contribution in [3.05, 3.63) is 0 Å². The minimum Gasteiger partial charge on any atom is -0.318 e. The summed E-state index contributed by atoms with van der Waals surface area (Å²) in [7, 11) is 4.19. The summed E-state index contributed by atoms with van der Waals surface area (Å²) in [5.74, 6) is 0. The van der Waals surface area contributed by atoms with Gasteiger partial charge in [-0.1, -0.05) is 0 Å². The van der Waals surface area contributed by atoms with Crippen LogP contribution in [0, 0.1) is 0 Å². The van der Waals surface area contributed by atoms with Gasteiger partial charge in [0, 0.05) is 32.2 Å². The molecule has 0 aromatic carbocycles. The number of nitrogens with one attached hydrogen (secondary N) is 2. The maximum Gasteiger partial charge on any atom is 0.0342 e. The van der Waals surface area contributed by atoms with E-state index in [9.17, 15) is 0 Å². The van der Waals surface area contributed by atoms with Gasteiger partial charge < -0.3 is 10.6 Å². The van der Waals surface area contributed by atoms with Crippen LogP contribution in [0.15, 0.2) is 0 Å². The van der Waals surface area contributed by atoms with Gasteiger partial charge in [-0.3, -0.25) is 4.90 Å². The molecule has 0 aliphatic carbocycles. The van der Waals surface area contributed by atoms with Crippen molar-refractivity contribution in [1.82, 2.24) is 15.5 Å². The number of hydrogen-bond acceptors (Lipinski definition) is 3. The average Bonchev–Trinajstić information content (AvgIpc) is 1.94. The Kier molecular flexibility index (Phi) is 3.12. The van der Waals surface area contributed by atoms with Crippen molar-refractivity contribution in [2.24, 2.45) is 0 Å². The van der Waals surface area contributed by atoms with Crippen LogP contribution in [0.2, 0.25) is 0 Å². The first kappa shape index (κ1) is 7.98. The van der Waals surface area contributed by atoms with Crippen molar-refractivity contribution in [3.8, 4) is 0 Å². The highest BCUT2D eigenvalue weighted by molar-refractivity contribution is 4.78. The molecule has 0 aromatic rings. The Morgan fingerprint density at radius 1 is 1.70 bits per heavy atom. The van der Waals surface area contributed by atoms with E-state index in [0.29, 0.717) is 6.04 Å². The van der Waals surface area contributed by atoms with Crippen molar-refractivity contribution in [2.75, 3.05) is 40.3 Å². The summed E-state index contributed by atoms with van der Waals surface area (Å²) >= 11 is 0. The van der Waals surface area contributed by atoms with Gasteiger partial charge >= 0.3 is 0 Å². The highest BCUT2D eigenvalue weighted by atomic mass is 15.2. The Balaban J connectivity index is 2.25. The maximum absolute atomic E-state index is 3.37. The van der Waals surface area contributed by atoms with E-state index in [0.717, 1.165) is 19.6 Å². The molecule has 0 spiro atoms. The largest absolute Gasteiger partial charge is 0.318 e. The molecule has 0 bridgehead atoms. The van der Waals surface area contributed by atoms with E-state index in [-0.39, 0.29) is 0 Å². The summed E-state index contributed by atoms with van der Waals surface area (Å²) in [5.41, 5.74) is 0. The van der Waals surface area contributed by atoms with Gasteiger partial charge in [-0.25, -0.2) is 0 Å². The van der Waals surface area contributed by atoms with Crippen LogP contribution >= 0.6 is 0 Å². The Morgan fingerprint density at radius 2 is 2.50 bits per heavy atom. The molecule has 0 amide bonds. The lowest BCUT2D eigenvalue weighted by molar-refractivity contribution is 0.198. The molecule has 1 rings (SSSR count). The summed E-state index contributed by atoms with van der Waals surface area (Å²) < 4.78 is 0. The second-order valence-corrected chi connectivity index (χ2v) is 2.90. The molecular formula is C7H17N3. The van der Waals surface area contributed by atoms with Crippen LogP contribution in [0.4, 0.5) is 0 Å². The highest BCUT2D eigenvalue weighted by Gasteiger charge is 2.16. The lowest BCUT2D eigenvalue weighted by atomic mass is 10.2. The number of hydrogen-bond donors (Lipinski definition) is 2. The van der Waals surface area contributed by atoms with Crippen LogP contribution in [0.1, 0.15) is 0 Å². The molecule has 1 fully saturated rings.